The summed E-state index contributed by atoms with van der Waals surface area (Å²) in [5.41, 5.74) is 7.07. The normalized spacial score (nSPS) is 22.0. The molecule has 102 valence electrons. The Morgan fingerprint density at radius 1 is 1.56 bits per heavy atom. The summed E-state index contributed by atoms with van der Waals surface area (Å²) < 4.78 is 7.70. The zero-order chi connectivity index (χ0) is 13.2. The Bertz CT molecular complexity index is 388. The molecular formula is C13H24N4O. The average molecular weight is 252 g/mol. The first-order valence-corrected chi connectivity index (χ1v) is 6.66. The van der Waals surface area contributed by atoms with E-state index >= 15 is 0 Å². The van der Waals surface area contributed by atoms with Crippen LogP contribution < -0.4 is 5.73 Å². The van der Waals surface area contributed by atoms with Crippen LogP contribution in [0.4, 0.5) is 0 Å². The van der Waals surface area contributed by atoms with Crippen LogP contribution in [0.25, 0.3) is 0 Å². The van der Waals surface area contributed by atoms with Crippen molar-refractivity contribution in [2.24, 2.45) is 5.73 Å². The summed E-state index contributed by atoms with van der Waals surface area (Å²) in [6.45, 7) is 10.5. The number of nitrogens with zero attached hydrogens (tertiary/aromatic N) is 3. The van der Waals surface area contributed by atoms with Gasteiger partial charge in [0.05, 0.1) is 24.4 Å². The van der Waals surface area contributed by atoms with Crippen LogP contribution in [-0.2, 0) is 11.3 Å². The number of nitrogens with two attached hydrogens (primary N) is 1. The summed E-state index contributed by atoms with van der Waals surface area (Å²) in [6, 6.07) is 0.244. The molecule has 0 aliphatic carbocycles. The van der Waals surface area contributed by atoms with Crippen LogP contribution in [0, 0.1) is 0 Å². The first-order chi connectivity index (χ1) is 8.55. The lowest BCUT2D eigenvalue weighted by Gasteiger charge is -2.41. The molecule has 5 nitrogen and oxygen atoms in total. The van der Waals surface area contributed by atoms with Gasteiger partial charge >= 0.3 is 0 Å². The third kappa shape index (κ3) is 2.91. The molecule has 0 saturated carbocycles. The van der Waals surface area contributed by atoms with Gasteiger partial charge in [0, 0.05) is 37.9 Å². The number of aryl methyl sites for hydroxylation is 1. The van der Waals surface area contributed by atoms with Gasteiger partial charge in [-0.3, -0.25) is 9.58 Å². The number of aromatic nitrogens is 2. The van der Waals surface area contributed by atoms with Crippen molar-refractivity contribution in [1.29, 1.82) is 0 Å². The molecule has 2 heterocycles. The predicted molar refractivity (Wildman–Crippen MR) is 71.3 cm³/mol. The van der Waals surface area contributed by atoms with Gasteiger partial charge in [-0.25, -0.2) is 0 Å². The molecule has 1 aliphatic heterocycles. The fourth-order valence-electron chi connectivity index (χ4n) is 2.54. The third-order valence-corrected chi connectivity index (χ3v) is 3.48. The predicted octanol–water partition coefficient (Wildman–Crippen LogP) is 1.01. The Morgan fingerprint density at radius 2 is 2.33 bits per heavy atom. The maximum Gasteiger partial charge on any atom is 0.0753 e. The van der Waals surface area contributed by atoms with Gasteiger partial charge in [-0.05, 0) is 20.8 Å². The summed E-state index contributed by atoms with van der Waals surface area (Å²) in [4.78, 5) is 2.40. The highest BCUT2D eigenvalue weighted by Crippen LogP contribution is 2.25. The van der Waals surface area contributed by atoms with Crippen LogP contribution in [0.2, 0.25) is 0 Å². The largest absolute Gasteiger partial charge is 0.373 e. The lowest BCUT2D eigenvalue weighted by molar-refractivity contribution is -0.0967. The van der Waals surface area contributed by atoms with Gasteiger partial charge in [0.15, 0.2) is 0 Å². The van der Waals surface area contributed by atoms with Crippen LogP contribution in [-0.4, -0.2) is 46.5 Å². The quantitative estimate of drug-likeness (QED) is 0.869. The monoisotopic (exact) mass is 252 g/mol. The molecule has 18 heavy (non-hydrogen) atoms. The van der Waals surface area contributed by atoms with Gasteiger partial charge in [0.2, 0.25) is 0 Å². The van der Waals surface area contributed by atoms with Crippen molar-refractivity contribution >= 4 is 0 Å². The molecule has 1 aromatic heterocycles. The second-order valence-corrected chi connectivity index (χ2v) is 5.46. The maximum absolute atomic E-state index is 5.96. The van der Waals surface area contributed by atoms with Gasteiger partial charge < -0.3 is 10.5 Å². The van der Waals surface area contributed by atoms with E-state index in [1.807, 2.05) is 10.9 Å². The van der Waals surface area contributed by atoms with Gasteiger partial charge in [-0.15, -0.1) is 0 Å². The molecule has 0 bridgehead atoms. The minimum absolute atomic E-state index is 0.0909. The van der Waals surface area contributed by atoms with Gasteiger partial charge in [-0.2, -0.15) is 5.10 Å². The summed E-state index contributed by atoms with van der Waals surface area (Å²) >= 11 is 0. The average Bonchev–Trinajstić information content (AvgIpc) is 2.77. The Kier molecular flexibility index (Phi) is 4.04. The van der Waals surface area contributed by atoms with E-state index in [1.54, 1.807) is 0 Å². The fraction of sp³-hybridized carbons (Fsp3) is 0.769. The number of ether oxygens (including phenoxy) is 1. The fourth-order valence-corrected chi connectivity index (χ4v) is 2.54. The highest BCUT2D eigenvalue weighted by molar-refractivity contribution is 5.12. The van der Waals surface area contributed by atoms with Gasteiger partial charge in [-0.1, -0.05) is 0 Å². The molecule has 1 aliphatic rings. The second kappa shape index (κ2) is 5.38. The Morgan fingerprint density at radius 3 is 2.89 bits per heavy atom. The van der Waals surface area contributed by atoms with E-state index in [9.17, 15) is 0 Å². The first kappa shape index (κ1) is 13.5. The van der Waals surface area contributed by atoms with Crippen LogP contribution in [0.3, 0.4) is 0 Å². The number of morpholine rings is 1. The van der Waals surface area contributed by atoms with Crippen molar-refractivity contribution in [3.8, 4) is 0 Å². The van der Waals surface area contributed by atoms with Crippen molar-refractivity contribution in [2.75, 3.05) is 26.2 Å². The number of hydrogen-bond acceptors (Lipinski definition) is 4. The zero-order valence-electron chi connectivity index (χ0n) is 11.6. The van der Waals surface area contributed by atoms with Crippen molar-refractivity contribution in [2.45, 2.75) is 39.0 Å². The standard InChI is InChI=1S/C13H24N4O/c1-4-17-9-11(8-15-17)12(7-14)16-5-6-18-13(2,3)10-16/h8-9,12H,4-7,10,14H2,1-3H3. The molecule has 1 atom stereocenters. The molecule has 0 radical (unpaired) electrons. The number of rotatable bonds is 4. The molecule has 5 heteroatoms. The minimum atomic E-state index is -0.0909. The minimum Gasteiger partial charge on any atom is -0.373 e. The lowest BCUT2D eigenvalue weighted by Crippen LogP contribution is -2.50. The zero-order valence-corrected chi connectivity index (χ0v) is 11.6. The Balaban J connectivity index is 2.12. The van der Waals surface area contributed by atoms with E-state index in [2.05, 4.69) is 37.0 Å². The molecule has 1 aromatic rings. The molecule has 2 rings (SSSR count). The van der Waals surface area contributed by atoms with E-state index in [1.165, 1.54) is 5.56 Å². The third-order valence-electron chi connectivity index (χ3n) is 3.48. The molecule has 0 amide bonds. The topological polar surface area (TPSA) is 56.3 Å². The highest BCUT2D eigenvalue weighted by Gasteiger charge is 2.31. The molecule has 0 aromatic carbocycles. The van der Waals surface area contributed by atoms with E-state index in [-0.39, 0.29) is 11.6 Å². The van der Waals surface area contributed by atoms with E-state index in [0.717, 1.165) is 26.2 Å². The first-order valence-electron chi connectivity index (χ1n) is 6.66. The molecule has 1 unspecified atom stereocenters. The van der Waals surface area contributed by atoms with Gasteiger partial charge in [0.25, 0.3) is 0 Å². The van der Waals surface area contributed by atoms with Gasteiger partial charge in [0.1, 0.15) is 0 Å². The highest BCUT2D eigenvalue weighted by atomic mass is 16.5. The number of hydrogen-bond donors (Lipinski definition) is 1. The summed E-state index contributed by atoms with van der Waals surface area (Å²) in [5.74, 6) is 0. The maximum atomic E-state index is 5.96. The SMILES string of the molecule is CCn1cc(C(CN)N2CCOC(C)(C)C2)cn1. The van der Waals surface area contributed by atoms with Crippen molar-refractivity contribution in [3.05, 3.63) is 18.0 Å². The van der Waals surface area contributed by atoms with Crippen LogP contribution in [0.15, 0.2) is 12.4 Å². The van der Waals surface area contributed by atoms with E-state index in [4.69, 9.17) is 10.5 Å². The Hall–Kier alpha value is -0.910. The van der Waals surface area contributed by atoms with Crippen molar-refractivity contribution < 1.29 is 4.74 Å². The van der Waals surface area contributed by atoms with E-state index < -0.39 is 0 Å². The molecule has 1 fully saturated rings. The van der Waals surface area contributed by atoms with Crippen LogP contribution in [0.5, 0.6) is 0 Å². The summed E-state index contributed by atoms with van der Waals surface area (Å²) in [6.07, 6.45) is 4.03. The van der Waals surface area contributed by atoms with Crippen molar-refractivity contribution in [3.63, 3.8) is 0 Å². The second-order valence-electron chi connectivity index (χ2n) is 5.46. The molecular weight excluding hydrogens is 228 g/mol. The lowest BCUT2D eigenvalue weighted by atomic mass is 10.0. The van der Waals surface area contributed by atoms with Crippen molar-refractivity contribution in [1.82, 2.24) is 14.7 Å². The summed E-state index contributed by atoms with van der Waals surface area (Å²) in [7, 11) is 0. The molecule has 1 saturated heterocycles. The Labute approximate surface area is 109 Å². The molecule has 0 spiro atoms. The van der Waals surface area contributed by atoms with Crippen LogP contribution in [0.1, 0.15) is 32.4 Å². The summed E-state index contributed by atoms with van der Waals surface area (Å²) in [5, 5.41) is 4.34. The molecule has 2 N–H and O–H groups in total. The van der Waals surface area contributed by atoms with E-state index in [0.29, 0.717) is 6.54 Å². The smallest absolute Gasteiger partial charge is 0.0753 e. The van der Waals surface area contributed by atoms with Crippen LogP contribution >= 0.6 is 0 Å².